The summed E-state index contributed by atoms with van der Waals surface area (Å²) in [6, 6.07) is 15.5. The summed E-state index contributed by atoms with van der Waals surface area (Å²) >= 11 is 0. The molecule has 320 valence electrons. The van der Waals surface area contributed by atoms with Crippen LogP contribution in [0.2, 0.25) is 0 Å². The van der Waals surface area contributed by atoms with Gasteiger partial charge in [0.25, 0.3) is 11.8 Å². The number of imide groups is 1. The Labute approximate surface area is 351 Å². The van der Waals surface area contributed by atoms with Crippen LogP contribution < -0.4 is 20.0 Å². The number of hydrogen-bond acceptors (Lipinski definition) is 11. The summed E-state index contributed by atoms with van der Waals surface area (Å²) in [5.74, 6) is -1.35. The largest absolute Gasteiger partial charge is 0.419 e. The van der Waals surface area contributed by atoms with Crippen molar-refractivity contribution in [3.63, 3.8) is 0 Å². The summed E-state index contributed by atoms with van der Waals surface area (Å²) in [7, 11) is 0. The van der Waals surface area contributed by atoms with Crippen LogP contribution in [0, 0.1) is 16.7 Å². The number of carbonyl (C=O) groups excluding carboxylic acids is 4. The minimum absolute atomic E-state index is 0.00752. The zero-order chi connectivity index (χ0) is 42.6. The molecule has 1 spiro atoms. The van der Waals surface area contributed by atoms with Crippen LogP contribution in [0.4, 0.5) is 30.2 Å². The smallest absolute Gasteiger partial charge is 0.371 e. The molecule has 5 fully saturated rings. The van der Waals surface area contributed by atoms with Crippen molar-refractivity contribution in [1.82, 2.24) is 25.0 Å². The molecule has 4 amide bonds. The maximum atomic E-state index is 13.6. The maximum Gasteiger partial charge on any atom is 0.419 e. The molecule has 2 N–H and O–H groups in total. The highest BCUT2D eigenvalue weighted by Gasteiger charge is 2.46. The molecule has 2 unspecified atom stereocenters. The average molecular weight is 840 g/mol. The summed E-state index contributed by atoms with van der Waals surface area (Å²) in [6.07, 6.45) is 0.0270. The summed E-state index contributed by atoms with van der Waals surface area (Å²) < 4.78 is 40.6. The molecular formula is C44H48F3N9O5. The Morgan fingerprint density at radius 2 is 1.48 bits per heavy atom. The molecule has 0 bridgehead atoms. The molecule has 14 nitrogen and oxygen atoms in total. The predicted octanol–water partition coefficient (Wildman–Crippen LogP) is 4.15. The first-order valence-electron chi connectivity index (χ1n) is 21.1. The molecule has 7 heterocycles. The number of hydrogen-bond donors (Lipinski definition) is 2. The summed E-state index contributed by atoms with van der Waals surface area (Å²) in [5.41, 5.74) is 2.14. The SMILES string of the molecule is N#Cc1ncc(N2CCC3(CCN(C(=O)c4ccc(N5CCN(C6CCN(c7ccc8c(c7)C(O)N(C7CCC(=O)NC7=O)C8=O)CC6)CC5)cc4)C3)CC2)cc1C(F)(F)F. The van der Waals surface area contributed by atoms with E-state index in [0.717, 1.165) is 88.8 Å². The van der Waals surface area contributed by atoms with Crippen LogP contribution in [0.25, 0.3) is 0 Å². The van der Waals surface area contributed by atoms with Crippen molar-refractivity contribution in [2.45, 2.75) is 69.4 Å². The van der Waals surface area contributed by atoms with E-state index in [1.807, 2.05) is 46.2 Å². The van der Waals surface area contributed by atoms with E-state index in [9.17, 15) is 37.5 Å². The predicted molar refractivity (Wildman–Crippen MR) is 218 cm³/mol. The van der Waals surface area contributed by atoms with Gasteiger partial charge in [0.05, 0.1) is 17.4 Å². The van der Waals surface area contributed by atoms with E-state index in [4.69, 9.17) is 5.26 Å². The van der Waals surface area contributed by atoms with Gasteiger partial charge >= 0.3 is 6.18 Å². The Kier molecular flexibility index (Phi) is 10.6. The molecule has 0 saturated carbocycles. The number of piperazine rings is 1. The van der Waals surface area contributed by atoms with Crippen molar-refractivity contribution in [2.24, 2.45) is 5.41 Å². The number of nitrogens with zero attached hydrogens (tertiary/aromatic N) is 8. The van der Waals surface area contributed by atoms with Crippen molar-refractivity contribution in [3.05, 3.63) is 82.7 Å². The van der Waals surface area contributed by atoms with Gasteiger partial charge in [-0.25, -0.2) is 4.98 Å². The molecule has 6 aliphatic rings. The second-order valence-electron chi connectivity index (χ2n) is 17.3. The number of aliphatic hydroxyl groups excluding tert-OH is 1. The Morgan fingerprint density at radius 3 is 2.15 bits per heavy atom. The number of halogens is 3. The third-order valence-corrected chi connectivity index (χ3v) is 13.9. The number of fused-ring (bicyclic) bond motifs is 1. The number of anilines is 3. The number of pyridine rings is 1. The highest BCUT2D eigenvalue weighted by atomic mass is 19.4. The van der Waals surface area contributed by atoms with Gasteiger partial charge < -0.3 is 24.7 Å². The van der Waals surface area contributed by atoms with Crippen LogP contribution >= 0.6 is 0 Å². The van der Waals surface area contributed by atoms with E-state index in [0.29, 0.717) is 54.6 Å². The fraction of sp³-hybridized carbons (Fsp3) is 0.500. The van der Waals surface area contributed by atoms with Crippen LogP contribution in [0.1, 0.15) is 88.7 Å². The van der Waals surface area contributed by atoms with Gasteiger partial charge in [0, 0.05) is 106 Å². The lowest BCUT2D eigenvalue weighted by Crippen LogP contribution is -2.53. The van der Waals surface area contributed by atoms with E-state index < -0.39 is 41.5 Å². The second kappa shape index (κ2) is 15.9. The number of aliphatic hydroxyl groups is 1. The van der Waals surface area contributed by atoms with E-state index in [2.05, 4.69) is 25.0 Å². The number of carbonyl (C=O) groups is 4. The number of likely N-dealkylation sites (tertiary alicyclic amines) is 1. The maximum absolute atomic E-state index is 13.6. The molecule has 6 aliphatic heterocycles. The quantitative estimate of drug-likeness (QED) is 0.344. The minimum Gasteiger partial charge on any atom is -0.371 e. The first kappa shape index (κ1) is 40.7. The monoisotopic (exact) mass is 839 g/mol. The first-order valence-corrected chi connectivity index (χ1v) is 21.1. The van der Waals surface area contributed by atoms with Crippen LogP contribution in [0.5, 0.6) is 0 Å². The summed E-state index contributed by atoms with van der Waals surface area (Å²) in [5, 5.41) is 22.5. The third kappa shape index (κ3) is 7.76. The van der Waals surface area contributed by atoms with Crippen LogP contribution in [-0.4, -0.2) is 126 Å². The van der Waals surface area contributed by atoms with Gasteiger partial charge in [-0.2, -0.15) is 18.4 Å². The molecule has 17 heteroatoms. The van der Waals surface area contributed by atoms with Crippen molar-refractivity contribution in [1.29, 1.82) is 5.26 Å². The number of amides is 4. The number of nitriles is 1. The lowest BCUT2D eigenvalue weighted by atomic mass is 9.77. The Balaban J connectivity index is 0.734. The summed E-state index contributed by atoms with van der Waals surface area (Å²) in [4.78, 5) is 67.0. The first-order chi connectivity index (χ1) is 29.3. The fourth-order valence-electron chi connectivity index (χ4n) is 10.3. The molecule has 2 aromatic carbocycles. The molecular weight excluding hydrogens is 792 g/mol. The number of nitrogens with one attached hydrogen (secondary N) is 1. The topological polar surface area (TPSA) is 157 Å². The van der Waals surface area contributed by atoms with Crippen LogP contribution in [0.15, 0.2) is 54.7 Å². The lowest BCUT2D eigenvalue weighted by Gasteiger charge is -2.44. The normalized spacial score (nSPS) is 23.7. The van der Waals surface area contributed by atoms with Gasteiger partial charge in [-0.15, -0.1) is 0 Å². The molecule has 1 aromatic heterocycles. The average Bonchev–Trinajstić information content (AvgIpc) is 3.80. The van der Waals surface area contributed by atoms with Gasteiger partial charge in [0.15, 0.2) is 11.9 Å². The van der Waals surface area contributed by atoms with Crippen molar-refractivity contribution < 1.29 is 37.5 Å². The van der Waals surface area contributed by atoms with Crippen molar-refractivity contribution in [3.8, 4) is 6.07 Å². The number of aromatic nitrogens is 1. The molecule has 3 aromatic rings. The number of rotatable bonds is 6. The molecule has 0 aliphatic carbocycles. The third-order valence-electron chi connectivity index (χ3n) is 13.9. The molecule has 2 atom stereocenters. The van der Waals surface area contributed by atoms with Crippen molar-refractivity contribution in [2.75, 3.05) is 80.1 Å². The number of benzene rings is 2. The highest BCUT2D eigenvalue weighted by Crippen LogP contribution is 2.43. The molecule has 61 heavy (non-hydrogen) atoms. The number of alkyl halides is 3. The minimum atomic E-state index is -4.66. The Hall–Kier alpha value is -5.73. The van der Waals surface area contributed by atoms with E-state index >= 15 is 0 Å². The van der Waals surface area contributed by atoms with Gasteiger partial charge in [-0.1, -0.05) is 0 Å². The van der Waals surface area contributed by atoms with Crippen LogP contribution in [0.3, 0.4) is 0 Å². The van der Waals surface area contributed by atoms with Gasteiger partial charge in [-0.3, -0.25) is 34.3 Å². The highest BCUT2D eigenvalue weighted by molar-refractivity contribution is 6.06. The molecule has 0 radical (unpaired) electrons. The van der Waals surface area contributed by atoms with E-state index in [1.165, 1.54) is 17.2 Å². The van der Waals surface area contributed by atoms with E-state index in [-0.39, 0.29) is 30.1 Å². The summed E-state index contributed by atoms with van der Waals surface area (Å²) in [6.45, 7) is 7.61. The van der Waals surface area contributed by atoms with Crippen molar-refractivity contribution >= 4 is 40.7 Å². The van der Waals surface area contributed by atoms with Gasteiger partial charge in [-0.05, 0) is 92.5 Å². The Morgan fingerprint density at radius 1 is 0.820 bits per heavy atom. The van der Waals surface area contributed by atoms with Gasteiger partial charge in [0.1, 0.15) is 12.1 Å². The lowest BCUT2D eigenvalue weighted by molar-refractivity contribution is -0.140. The zero-order valence-corrected chi connectivity index (χ0v) is 33.7. The molecule has 5 saturated heterocycles. The fourth-order valence-corrected chi connectivity index (χ4v) is 10.3. The standard InChI is InChI=1S/C44H48F3N9O5/c45-44(46,47)35-24-32(26-49-36(35)25-48)52-16-11-43(12-17-52)13-18-55(27-43)40(59)28-1-3-29(4-2-28)53-19-21-54(22-20-53)30-9-14-51(15-10-30)31-5-6-33-34(23-31)42(61)56(41(33)60)37-7-8-38(57)50-39(37)58/h1-6,23-24,26,30,37,42,61H,7-22,27H2,(H,50,57,58). The Bertz CT molecular complexity index is 2260. The molecule has 9 rings (SSSR count). The van der Waals surface area contributed by atoms with Gasteiger partial charge in [0.2, 0.25) is 11.8 Å². The van der Waals surface area contributed by atoms with Crippen LogP contribution in [-0.2, 0) is 15.8 Å². The zero-order valence-electron chi connectivity index (χ0n) is 33.7. The van der Waals surface area contributed by atoms with E-state index in [1.54, 1.807) is 6.07 Å². The second-order valence-corrected chi connectivity index (χ2v) is 17.3. The number of piperidine rings is 3.